The number of aromatic nitrogens is 2. The molecule has 1 aromatic heterocycles. The highest BCUT2D eigenvalue weighted by molar-refractivity contribution is 6.30. The van der Waals surface area contributed by atoms with Gasteiger partial charge < -0.3 is 10.5 Å². The highest BCUT2D eigenvalue weighted by Crippen LogP contribution is 2.28. The van der Waals surface area contributed by atoms with Crippen LogP contribution in [0.25, 0.3) is 0 Å². The standard InChI is InChI=1S/C14H15ClFN3O/c1-3-4-12-18-13(17)8(2)14(19-12)20-9-5-6-11(16)10(15)7-9/h5-7H,3-4H2,1-2H3,(H2,17,18,19). The van der Waals surface area contributed by atoms with Crippen molar-refractivity contribution in [3.8, 4) is 11.6 Å². The summed E-state index contributed by atoms with van der Waals surface area (Å²) >= 11 is 5.72. The highest BCUT2D eigenvalue weighted by Gasteiger charge is 2.11. The van der Waals surface area contributed by atoms with Crippen molar-refractivity contribution in [2.75, 3.05) is 5.73 Å². The number of aryl methyl sites for hydroxylation is 1. The van der Waals surface area contributed by atoms with E-state index in [0.29, 0.717) is 35.3 Å². The van der Waals surface area contributed by atoms with Crippen molar-refractivity contribution >= 4 is 17.4 Å². The number of halogens is 2. The Morgan fingerprint density at radius 3 is 2.75 bits per heavy atom. The number of hydrogen-bond acceptors (Lipinski definition) is 4. The summed E-state index contributed by atoms with van der Waals surface area (Å²) in [7, 11) is 0. The smallest absolute Gasteiger partial charge is 0.227 e. The van der Waals surface area contributed by atoms with Crippen LogP contribution in [0.5, 0.6) is 11.6 Å². The average Bonchev–Trinajstić information content (AvgIpc) is 2.40. The molecule has 2 N–H and O–H groups in total. The molecular formula is C14H15ClFN3O. The topological polar surface area (TPSA) is 61.0 Å². The molecule has 20 heavy (non-hydrogen) atoms. The second-order valence-electron chi connectivity index (χ2n) is 4.38. The number of rotatable bonds is 4. The van der Waals surface area contributed by atoms with E-state index in [1.54, 1.807) is 6.92 Å². The van der Waals surface area contributed by atoms with Crippen molar-refractivity contribution in [2.45, 2.75) is 26.7 Å². The number of nitrogen functional groups attached to an aromatic ring is 1. The van der Waals surface area contributed by atoms with Crippen LogP contribution in [0.4, 0.5) is 10.2 Å². The summed E-state index contributed by atoms with van der Waals surface area (Å²) in [6.45, 7) is 3.80. The molecule has 2 aromatic rings. The van der Waals surface area contributed by atoms with Gasteiger partial charge in [0.15, 0.2) is 0 Å². The summed E-state index contributed by atoms with van der Waals surface area (Å²) in [5, 5.41) is -0.00374. The molecule has 0 bridgehead atoms. The number of ether oxygens (including phenoxy) is 1. The molecular weight excluding hydrogens is 281 g/mol. The van der Waals surface area contributed by atoms with Gasteiger partial charge in [-0.25, -0.2) is 9.37 Å². The molecule has 0 aliphatic rings. The lowest BCUT2D eigenvalue weighted by Crippen LogP contribution is -2.05. The Morgan fingerprint density at radius 2 is 2.10 bits per heavy atom. The van der Waals surface area contributed by atoms with Crippen molar-refractivity contribution in [3.05, 3.63) is 40.4 Å². The van der Waals surface area contributed by atoms with Gasteiger partial charge in [0, 0.05) is 12.5 Å². The Hall–Kier alpha value is -1.88. The molecule has 0 aliphatic heterocycles. The monoisotopic (exact) mass is 295 g/mol. The van der Waals surface area contributed by atoms with E-state index < -0.39 is 5.82 Å². The number of nitrogens with zero attached hydrogens (tertiary/aromatic N) is 2. The molecule has 1 heterocycles. The summed E-state index contributed by atoms with van der Waals surface area (Å²) in [5.41, 5.74) is 6.49. The summed E-state index contributed by atoms with van der Waals surface area (Å²) in [5.74, 6) is 1.28. The second kappa shape index (κ2) is 6.05. The lowest BCUT2D eigenvalue weighted by atomic mass is 10.3. The number of benzene rings is 1. The molecule has 2 rings (SSSR count). The fourth-order valence-corrected chi connectivity index (χ4v) is 1.82. The van der Waals surface area contributed by atoms with Crippen LogP contribution >= 0.6 is 11.6 Å². The SMILES string of the molecule is CCCc1nc(N)c(C)c(Oc2ccc(F)c(Cl)c2)n1. The largest absolute Gasteiger partial charge is 0.438 e. The van der Waals surface area contributed by atoms with Gasteiger partial charge in [-0.05, 0) is 25.5 Å². The van der Waals surface area contributed by atoms with Crippen molar-refractivity contribution in [1.82, 2.24) is 9.97 Å². The number of nitrogens with two attached hydrogens (primary N) is 1. The van der Waals surface area contributed by atoms with Gasteiger partial charge in [0.1, 0.15) is 23.2 Å². The van der Waals surface area contributed by atoms with Gasteiger partial charge in [-0.2, -0.15) is 4.98 Å². The van der Waals surface area contributed by atoms with Gasteiger partial charge in [0.05, 0.1) is 10.6 Å². The summed E-state index contributed by atoms with van der Waals surface area (Å²) < 4.78 is 18.7. The Kier molecular flexibility index (Phi) is 4.39. The minimum Gasteiger partial charge on any atom is -0.438 e. The second-order valence-corrected chi connectivity index (χ2v) is 4.79. The Balaban J connectivity index is 2.34. The lowest BCUT2D eigenvalue weighted by Gasteiger charge is -2.11. The van der Waals surface area contributed by atoms with Crippen LogP contribution in [-0.2, 0) is 6.42 Å². The predicted molar refractivity (Wildman–Crippen MR) is 76.7 cm³/mol. The van der Waals surface area contributed by atoms with Gasteiger partial charge in [-0.3, -0.25) is 0 Å². The van der Waals surface area contributed by atoms with E-state index in [0.717, 1.165) is 6.42 Å². The van der Waals surface area contributed by atoms with E-state index in [1.165, 1.54) is 18.2 Å². The van der Waals surface area contributed by atoms with Crippen LogP contribution in [0.3, 0.4) is 0 Å². The van der Waals surface area contributed by atoms with Gasteiger partial charge in [-0.1, -0.05) is 18.5 Å². The molecule has 0 saturated carbocycles. The van der Waals surface area contributed by atoms with Gasteiger partial charge in [0.2, 0.25) is 5.88 Å². The van der Waals surface area contributed by atoms with Crippen LogP contribution in [0, 0.1) is 12.7 Å². The van der Waals surface area contributed by atoms with Crippen LogP contribution in [0.15, 0.2) is 18.2 Å². The third-order valence-electron chi connectivity index (χ3n) is 2.76. The first-order valence-electron chi connectivity index (χ1n) is 6.27. The van der Waals surface area contributed by atoms with Crippen LogP contribution in [0.1, 0.15) is 24.7 Å². The molecule has 106 valence electrons. The Morgan fingerprint density at radius 1 is 1.35 bits per heavy atom. The summed E-state index contributed by atoms with van der Waals surface area (Å²) in [4.78, 5) is 8.52. The first-order chi connectivity index (χ1) is 9.51. The molecule has 0 atom stereocenters. The third kappa shape index (κ3) is 3.17. The predicted octanol–water partition coefficient (Wildman–Crippen LogP) is 3.90. The Labute approximate surface area is 121 Å². The molecule has 0 spiro atoms. The molecule has 4 nitrogen and oxygen atoms in total. The van der Waals surface area contributed by atoms with Crippen LogP contribution in [0.2, 0.25) is 5.02 Å². The van der Waals surface area contributed by atoms with Crippen molar-refractivity contribution in [1.29, 1.82) is 0 Å². The number of anilines is 1. The molecule has 0 unspecified atom stereocenters. The fourth-order valence-electron chi connectivity index (χ4n) is 1.65. The van der Waals surface area contributed by atoms with Crippen molar-refractivity contribution in [3.63, 3.8) is 0 Å². The average molecular weight is 296 g/mol. The zero-order chi connectivity index (χ0) is 14.7. The van der Waals surface area contributed by atoms with Crippen molar-refractivity contribution in [2.24, 2.45) is 0 Å². The first-order valence-corrected chi connectivity index (χ1v) is 6.65. The van der Waals surface area contributed by atoms with Crippen LogP contribution in [-0.4, -0.2) is 9.97 Å². The molecule has 0 aliphatic carbocycles. The molecule has 0 saturated heterocycles. The fraction of sp³-hybridized carbons (Fsp3) is 0.286. The van der Waals surface area contributed by atoms with Gasteiger partial charge in [-0.15, -0.1) is 0 Å². The Bertz CT molecular complexity index is 634. The number of hydrogen-bond donors (Lipinski definition) is 1. The maximum atomic E-state index is 13.1. The third-order valence-corrected chi connectivity index (χ3v) is 3.05. The zero-order valence-electron chi connectivity index (χ0n) is 11.3. The van der Waals surface area contributed by atoms with E-state index in [-0.39, 0.29) is 5.02 Å². The lowest BCUT2D eigenvalue weighted by molar-refractivity contribution is 0.453. The maximum Gasteiger partial charge on any atom is 0.227 e. The minimum absolute atomic E-state index is 0.00374. The molecule has 6 heteroatoms. The summed E-state index contributed by atoms with van der Waals surface area (Å²) in [6, 6.07) is 4.12. The molecule has 0 amide bonds. The van der Waals surface area contributed by atoms with E-state index in [9.17, 15) is 4.39 Å². The zero-order valence-corrected chi connectivity index (χ0v) is 12.0. The van der Waals surface area contributed by atoms with Gasteiger partial charge >= 0.3 is 0 Å². The van der Waals surface area contributed by atoms with Crippen LogP contribution < -0.4 is 10.5 Å². The first kappa shape index (κ1) is 14.5. The molecule has 0 fully saturated rings. The van der Waals surface area contributed by atoms with E-state index >= 15 is 0 Å². The maximum absolute atomic E-state index is 13.1. The van der Waals surface area contributed by atoms with Crippen molar-refractivity contribution < 1.29 is 9.13 Å². The normalized spacial score (nSPS) is 10.6. The van der Waals surface area contributed by atoms with E-state index in [1.807, 2.05) is 6.92 Å². The van der Waals surface area contributed by atoms with Gasteiger partial charge in [0.25, 0.3) is 0 Å². The van der Waals surface area contributed by atoms with E-state index in [2.05, 4.69) is 9.97 Å². The van der Waals surface area contributed by atoms with E-state index in [4.69, 9.17) is 22.1 Å². The minimum atomic E-state index is -0.496. The molecule has 1 aromatic carbocycles. The molecule has 0 radical (unpaired) electrons. The highest BCUT2D eigenvalue weighted by atomic mass is 35.5. The quantitative estimate of drug-likeness (QED) is 0.929. The summed E-state index contributed by atoms with van der Waals surface area (Å²) in [6.07, 6.45) is 1.62.